The second-order valence-electron chi connectivity index (χ2n) is 6.87. The number of methoxy groups -OCH3 is 1. The molecule has 0 bridgehead atoms. The highest BCUT2D eigenvalue weighted by atomic mass is 35.5. The maximum absolute atomic E-state index is 12.7. The largest absolute Gasteiger partial charge is 0.478 e. The molecule has 0 unspecified atom stereocenters. The molecule has 1 heterocycles. The van der Waals surface area contributed by atoms with Crippen molar-refractivity contribution in [2.75, 3.05) is 12.4 Å². The SMILES string of the molecule is COCc1cc(=O)[nH]c2cc(NC(=O)C(C)(C)Oc3ccc(Cl)cc3)ccc12. The zero-order chi connectivity index (χ0) is 20.3. The van der Waals surface area contributed by atoms with E-state index in [0.717, 1.165) is 10.9 Å². The van der Waals surface area contributed by atoms with Crippen molar-refractivity contribution in [1.29, 1.82) is 0 Å². The van der Waals surface area contributed by atoms with Crippen LogP contribution in [-0.2, 0) is 16.1 Å². The molecule has 28 heavy (non-hydrogen) atoms. The highest BCUT2D eigenvalue weighted by molar-refractivity contribution is 6.30. The summed E-state index contributed by atoms with van der Waals surface area (Å²) in [4.78, 5) is 27.4. The predicted molar refractivity (Wildman–Crippen MR) is 110 cm³/mol. The summed E-state index contributed by atoms with van der Waals surface area (Å²) in [5.74, 6) is 0.216. The maximum Gasteiger partial charge on any atom is 0.267 e. The van der Waals surface area contributed by atoms with Gasteiger partial charge in [-0.25, -0.2) is 0 Å². The van der Waals surface area contributed by atoms with Crippen molar-refractivity contribution in [3.8, 4) is 5.75 Å². The number of pyridine rings is 1. The molecule has 1 aromatic heterocycles. The third-order valence-electron chi connectivity index (χ3n) is 4.22. The van der Waals surface area contributed by atoms with Gasteiger partial charge >= 0.3 is 0 Å². The van der Waals surface area contributed by atoms with Crippen LogP contribution in [0.15, 0.2) is 53.3 Å². The van der Waals surface area contributed by atoms with Crippen LogP contribution in [0.2, 0.25) is 5.02 Å². The monoisotopic (exact) mass is 400 g/mol. The maximum atomic E-state index is 12.7. The number of benzene rings is 2. The number of H-pyrrole nitrogens is 1. The van der Waals surface area contributed by atoms with Gasteiger partial charge in [-0.15, -0.1) is 0 Å². The third kappa shape index (κ3) is 4.52. The molecule has 0 aliphatic carbocycles. The molecule has 2 N–H and O–H groups in total. The topological polar surface area (TPSA) is 80.4 Å². The first-order valence-electron chi connectivity index (χ1n) is 8.69. The van der Waals surface area contributed by atoms with Crippen molar-refractivity contribution >= 4 is 34.1 Å². The minimum atomic E-state index is -1.12. The van der Waals surface area contributed by atoms with Crippen LogP contribution in [-0.4, -0.2) is 23.6 Å². The number of hydrogen-bond acceptors (Lipinski definition) is 4. The molecule has 3 aromatic rings. The summed E-state index contributed by atoms with van der Waals surface area (Å²) in [6.07, 6.45) is 0. The van der Waals surface area contributed by atoms with Gasteiger partial charge in [0.25, 0.3) is 5.91 Å². The van der Waals surface area contributed by atoms with E-state index >= 15 is 0 Å². The average molecular weight is 401 g/mol. The number of ether oxygens (including phenoxy) is 2. The summed E-state index contributed by atoms with van der Waals surface area (Å²) in [6.45, 7) is 3.68. The number of carbonyl (C=O) groups is 1. The zero-order valence-corrected chi connectivity index (χ0v) is 16.6. The van der Waals surface area contributed by atoms with Crippen LogP contribution in [0.1, 0.15) is 19.4 Å². The Morgan fingerprint density at radius 2 is 1.86 bits per heavy atom. The number of aromatic nitrogens is 1. The number of aromatic amines is 1. The Kier molecular flexibility index (Phi) is 5.72. The van der Waals surface area contributed by atoms with Gasteiger partial charge in [-0.05, 0) is 55.8 Å². The number of rotatable bonds is 6. The molecular weight excluding hydrogens is 380 g/mol. The van der Waals surface area contributed by atoms with Gasteiger partial charge in [-0.1, -0.05) is 17.7 Å². The van der Waals surface area contributed by atoms with Crippen LogP contribution in [0.3, 0.4) is 0 Å². The molecule has 3 rings (SSSR count). The van der Waals surface area contributed by atoms with Gasteiger partial charge in [0.05, 0.1) is 12.1 Å². The molecule has 0 saturated heterocycles. The van der Waals surface area contributed by atoms with E-state index in [1.165, 1.54) is 6.07 Å². The van der Waals surface area contributed by atoms with E-state index < -0.39 is 5.60 Å². The molecule has 0 spiro atoms. The van der Waals surface area contributed by atoms with Gasteiger partial charge in [0.1, 0.15) is 5.75 Å². The van der Waals surface area contributed by atoms with Gasteiger partial charge in [0.15, 0.2) is 5.60 Å². The van der Waals surface area contributed by atoms with Crippen molar-refractivity contribution in [2.24, 2.45) is 0 Å². The number of nitrogens with one attached hydrogen (secondary N) is 2. The van der Waals surface area contributed by atoms with E-state index in [2.05, 4.69) is 10.3 Å². The first kappa shape index (κ1) is 19.9. The van der Waals surface area contributed by atoms with Gasteiger partial charge in [0.2, 0.25) is 5.56 Å². The number of anilines is 1. The first-order valence-corrected chi connectivity index (χ1v) is 9.07. The fourth-order valence-electron chi connectivity index (χ4n) is 2.81. The molecule has 146 valence electrons. The Balaban J connectivity index is 1.81. The number of carbonyl (C=O) groups excluding carboxylic acids is 1. The Morgan fingerprint density at radius 1 is 1.14 bits per heavy atom. The molecule has 0 saturated carbocycles. The fourth-order valence-corrected chi connectivity index (χ4v) is 2.94. The van der Waals surface area contributed by atoms with E-state index in [4.69, 9.17) is 21.1 Å². The Hall–Kier alpha value is -2.83. The minimum Gasteiger partial charge on any atom is -0.478 e. The fraction of sp³-hybridized carbons (Fsp3) is 0.238. The van der Waals surface area contributed by atoms with Crippen molar-refractivity contribution in [1.82, 2.24) is 4.98 Å². The van der Waals surface area contributed by atoms with Gasteiger partial charge < -0.3 is 19.8 Å². The van der Waals surface area contributed by atoms with E-state index in [0.29, 0.717) is 28.6 Å². The van der Waals surface area contributed by atoms with Crippen LogP contribution in [0.25, 0.3) is 10.9 Å². The van der Waals surface area contributed by atoms with E-state index in [1.54, 1.807) is 57.4 Å². The summed E-state index contributed by atoms with van der Waals surface area (Å²) >= 11 is 5.87. The van der Waals surface area contributed by atoms with E-state index in [1.807, 2.05) is 6.07 Å². The first-order chi connectivity index (χ1) is 13.3. The van der Waals surface area contributed by atoms with Crippen LogP contribution in [0, 0.1) is 0 Å². The smallest absolute Gasteiger partial charge is 0.267 e. The third-order valence-corrected chi connectivity index (χ3v) is 4.47. The second kappa shape index (κ2) is 8.04. The van der Waals surface area contributed by atoms with Gasteiger partial charge in [0, 0.05) is 29.3 Å². The molecular formula is C21H21ClN2O4. The lowest BCUT2D eigenvalue weighted by atomic mass is 10.1. The molecule has 0 atom stereocenters. The van der Waals surface area contributed by atoms with Crippen LogP contribution >= 0.6 is 11.6 Å². The lowest BCUT2D eigenvalue weighted by Gasteiger charge is -2.25. The molecule has 2 aromatic carbocycles. The number of halogens is 1. The molecule has 0 aliphatic rings. The van der Waals surface area contributed by atoms with Crippen molar-refractivity contribution in [3.05, 3.63) is 69.5 Å². The van der Waals surface area contributed by atoms with Gasteiger partial charge in [-0.3, -0.25) is 9.59 Å². The summed E-state index contributed by atoms with van der Waals surface area (Å²) in [5.41, 5.74) is 0.609. The summed E-state index contributed by atoms with van der Waals surface area (Å²) in [7, 11) is 1.57. The molecule has 6 nitrogen and oxygen atoms in total. The number of hydrogen-bond donors (Lipinski definition) is 2. The van der Waals surface area contributed by atoms with E-state index in [9.17, 15) is 9.59 Å². The predicted octanol–water partition coefficient (Wildman–Crippen LogP) is 4.12. The Morgan fingerprint density at radius 3 is 2.54 bits per heavy atom. The minimum absolute atomic E-state index is 0.227. The molecule has 0 radical (unpaired) electrons. The normalized spacial score (nSPS) is 11.4. The number of amides is 1. The highest BCUT2D eigenvalue weighted by Gasteiger charge is 2.30. The summed E-state index contributed by atoms with van der Waals surface area (Å²) < 4.78 is 11.0. The quantitative estimate of drug-likeness (QED) is 0.652. The molecule has 1 amide bonds. The second-order valence-corrected chi connectivity index (χ2v) is 7.31. The Bertz CT molecular complexity index is 1060. The standard InChI is InChI=1S/C21H21ClN2O4/c1-21(2,28-16-7-4-14(22)5-8-16)20(26)23-15-6-9-17-13(12-27-3)10-19(25)24-18(17)11-15/h4-11H,12H2,1-3H3,(H,23,26)(H,24,25). The van der Waals surface area contributed by atoms with Crippen molar-refractivity contribution in [3.63, 3.8) is 0 Å². The average Bonchev–Trinajstić information content (AvgIpc) is 2.63. The van der Waals surface area contributed by atoms with E-state index in [-0.39, 0.29) is 11.5 Å². The van der Waals surface area contributed by atoms with Crippen LogP contribution < -0.4 is 15.6 Å². The van der Waals surface area contributed by atoms with Crippen molar-refractivity contribution in [2.45, 2.75) is 26.1 Å². The lowest BCUT2D eigenvalue weighted by Crippen LogP contribution is -2.42. The number of fused-ring (bicyclic) bond motifs is 1. The van der Waals surface area contributed by atoms with Gasteiger partial charge in [-0.2, -0.15) is 0 Å². The highest BCUT2D eigenvalue weighted by Crippen LogP contribution is 2.24. The molecule has 0 aliphatic heterocycles. The van der Waals surface area contributed by atoms with Crippen molar-refractivity contribution < 1.29 is 14.3 Å². The Labute approximate surface area is 167 Å². The molecule has 0 fully saturated rings. The summed E-state index contributed by atoms with van der Waals surface area (Å²) in [5, 5.41) is 4.28. The van der Waals surface area contributed by atoms with Crippen LogP contribution in [0.4, 0.5) is 5.69 Å². The van der Waals surface area contributed by atoms with Crippen LogP contribution in [0.5, 0.6) is 5.75 Å². The zero-order valence-electron chi connectivity index (χ0n) is 15.8. The molecule has 7 heteroatoms. The summed E-state index contributed by atoms with van der Waals surface area (Å²) in [6, 6.07) is 13.6. The lowest BCUT2D eigenvalue weighted by molar-refractivity contribution is -0.128.